The Bertz CT molecular complexity index is 1380. The molecule has 2 heterocycles. The van der Waals surface area contributed by atoms with E-state index in [2.05, 4.69) is 12.4 Å². The number of primary amides is 1. The molecule has 3 amide bonds. The number of hydrogen-bond donors (Lipinski definition) is 4. The molecule has 4 rings (SSSR count). The van der Waals surface area contributed by atoms with E-state index in [4.69, 9.17) is 10.5 Å². The molecule has 3 aromatic rings. The molecule has 0 radical (unpaired) electrons. The summed E-state index contributed by atoms with van der Waals surface area (Å²) in [6.07, 6.45) is 1.67. The summed E-state index contributed by atoms with van der Waals surface area (Å²) in [6.45, 7) is 4.05. The summed E-state index contributed by atoms with van der Waals surface area (Å²) in [6, 6.07) is 15.1. The lowest BCUT2D eigenvalue weighted by atomic mass is 9.96. The Morgan fingerprint density at radius 3 is 2.54 bits per heavy atom. The van der Waals surface area contributed by atoms with Gasteiger partial charge >= 0.3 is 12.0 Å². The number of nitrogens with two attached hydrogens (primary N) is 1. The number of aromatic hydroxyl groups is 2. The number of thiophene rings is 1. The third-order valence-electron chi connectivity index (χ3n) is 7.33. The van der Waals surface area contributed by atoms with Crippen molar-refractivity contribution in [1.29, 1.82) is 0 Å². The zero-order valence-electron chi connectivity index (χ0n) is 23.3. The number of phenolic OH excluding ortho intramolecular Hbond substituents is 2. The minimum atomic E-state index is -0.957. The van der Waals surface area contributed by atoms with E-state index in [9.17, 15) is 24.6 Å². The van der Waals surface area contributed by atoms with Crippen LogP contribution in [-0.4, -0.2) is 76.3 Å². The Labute approximate surface area is 243 Å². The average Bonchev–Trinajstić information content (AvgIpc) is 3.38. The summed E-state index contributed by atoms with van der Waals surface area (Å²) >= 11 is 1.10. The van der Waals surface area contributed by atoms with Crippen molar-refractivity contribution in [2.45, 2.75) is 44.8 Å². The molecule has 5 N–H and O–H groups in total. The van der Waals surface area contributed by atoms with Gasteiger partial charge in [-0.05, 0) is 61.7 Å². The van der Waals surface area contributed by atoms with Crippen molar-refractivity contribution < 1.29 is 33.8 Å². The fraction of sp³-hybridized carbons (Fsp3) is 0.367. The van der Waals surface area contributed by atoms with E-state index in [1.807, 2.05) is 12.1 Å². The summed E-state index contributed by atoms with van der Waals surface area (Å²) in [5.41, 5.74) is 7.66. The van der Waals surface area contributed by atoms with Gasteiger partial charge in [0.2, 0.25) is 5.91 Å². The van der Waals surface area contributed by atoms with E-state index < -0.39 is 23.9 Å². The highest BCUT2D eigenvalue weighted by molar-refractivity contribution is 7.18. The van der Waals surface area contributed by atoms with Gasteiger partial charge in [0, 0.05) is 12.0 Å². The van der Waals surface area contributed by atoms with E-state index in [0.29, 0.717) is 33.9 Å². The monoisotopic (exact) mass is 581 g/mol. The molecule has 1 unspecified atom stereocenters. The van der Waals surface area contributed by atoms with Crippen LogP contribution in [0.4, 0.5) is 9.80 Å². The molecule has 1 fully saturated rings. The Morgan fingerprint density at radius 2 is 1.85 bits per heavy atom. The van der Waals surface area contributed by atoms with Gasteiger partial charge in [0.1, 0.15) is 29.0 Å². The number of quaternary nitrogens is 1. The third kappa shape index (κ3) is 7.77. The first-order valence-electron chi connectivity index (χ1n) is 13.6. The van der Waals surface area contributed by atoms with Gasteiger partial charge < -0.3 is 30.1 Å². The number of rotatable bonds is 10. The number of hydrogen-bond acceptors (Lipinski definition) is 7. The highest BCUT2D eigenvalue weighted by Crippen LogP contribution is 2.29. The molecule has 0 aliphatic carbocycles. The first kappa shape index (κ1) is 29.9. The van der Waals surface area contributed by atoms with Crippen LogP contribution in [-0.2, 0) is 22.5 Å². The number of carbonyl (C=O) groups is 3. The number of piperidine rings is 1. The highest BCUT2D eigenvalue weighted by atomic mass is 32.1. The minimum absolute atomic E-state index is 0.0985. The van der Waals surface area contributed by atoms with Crippen LogP contribution in [0.1, 0.15) is 40.6 Å². The number of urea groups is 1. The van der Waals surface area contributed by atoms with Crippen molar-refractivity contribution in [2.24, 2.45) is 5.73 Å². The fourth-order valence-corrected chi connectivity index (χ4v) is 6.30. The summed E-state index contributed by atoms with van der Waals surface area (Å²) in [5.74, 6) is -0.810. The third-order valence-corrected chi connectivity index (χ3v) is 8.31. The average molecular weight is 582 g/mol. The maximum atomic E-state index is 13.9. The smallest absolute Gasteiger partial charge is 0.348 e. The maximum absolute atomic E-state index is 13.9. The van der Waals surface area contributed by atoms with Crippen LogP contribution in [0, 0.1) is 0 Å². The van der Waals surface area contributed by atoms with Gasteiger partial charge in [0.05, 0.1) is 37.8 Å². The zero-order chi connectivity index (χ0) is 29.6. The Kier molecular flexibility index (Phi) is 9.51. The largest absolute Gasteiger partial charge is 0.508 e. The number of likely N-dealkylation sites (N-methyl/N-ethyl adjacent to an activating group) is 1. The molecule has 1 saturated heterocycles. The van der Waals surface area contributed by atoms with Crippen LogP contribution < -0.4 is 11.1 Å². The molecule has 1 aliphatic heterocycles. The predicted octanol–water partition coefficient (Wildman–Crippen LogP) is 4.08. The normalized spacial score (nSPS) is 19.2. The molecule has 11 heteroatoms. The number of ether oxygens (including phenoxy) is 1. The predicted molar refractivity (Wildman–Crippen MR) is 157 cm³/mol. The second kappa shape index (κ2) is 13.0. The van der Waals surface area contributed by atoms with Crippen molar-refractivity contribution >= 4 is 34.2 Å². The number of nitrogens with one attached hydrogen (secondary N) is 1. The first-order chi connectivity index (χ1) is 19.6. The molecular formula is C30H37N4O6S+. The number of esters is 1. The molecule has 0 bridgehead atoms. The van der Waals surface area contributed by atoms with Gasteiger partial charge in [-0.1, -0.05) is 24.3 Å². The Hall–Kier alpha value is -4.09. The number of likely N-dealkylation sites (tertiary alicyclic amines) is 1. The van der Waals surface area contributed by atoms with Gasteiger partial charge in [0.15, 0.2) is 0 Å². The molecule has 1 aliphatic rings. The lowest BCUT2D eigenvalue weighted by Crippen LogP contribution is -2.62. The number of anilines is 1. The molecule has 3 atom stereocenters. The Balaban J connectivity index is 1.63. The van der Waals surface area contributed by atoms with Crippen LogP contribution in [0.5, 0.6) is 11.5 Å². The van der Waals surface area contributed by atoms with E-state index in [0.717, 1.165) is 35.4 Å². The zero-order valence-corrected chi connectivity index (χ0v) is 24.1. The van der Waals surface area contributed by atoms with Crippen molar-refractivity contribution in [3.05, 3.63) is 76.7 Å². The van der Waals surface area contributed by atoms with Gasteiger partial charge in [0.25, 0.3) is 0 Å². The van der Waals surface area contributed by atoms with Gasteiger partial charge in [-0.25, -0.2) is 9.59 Å². The van der Waals surface area contributed by atoms with E-state index in [1.165, 1.54) is 12.1 Å². The summed E-state index contributed by atoms with van der Waals surface area (Å²) in [5, 5.41) is 23.0. The fourth-order valence-electron chi connectivity index (χ4n) is 5.51. The Morgan fingerprint density at radius 1 is 1.10 bits per heavy atom. The van der Waals surface area contributed by atoms with Crippen molar-refractivity contribution in [3.8, 4) is 11.5 Å². The van der Waals surface area contributed by atoms with Crippen LogP contribution in [0.2, 0.25) is 0 Å². The molecule has 1 aromatic heterocycles. The van der Waals surface area contributed by atoms with Crippen molar-refractivity contribution in [2.75, 3.05) is 32.1 Å². The minimum Gasteiger partial charge on any atom is -0.508 e. The molecule has 10 nitrogen and oxygen atoms in total. The molecule has 218 valence electrons. The van der Waals surface area contributed by atoms with Crippen molar-refractivity contribution in [1.82, 2.24) is 4.90 Å². The van der Waals surface area contributed by atoms with Gasteiger partial charge in [-0.2, -0.15) is 0 Å². The maximum Gasteiger partial charge on any atom is 0.348 e. The number of carbonyl (C=O) groups excluding carboxylic acids is 3. The van der Waals surface area contributed by atoms with Crippen LogP contribution in [0.15, 0.2) is 60.7 Å². The van der Waals surface area contributed by atoms with Crippen LogP contribution in [0.25, 0.3) is 0 Å². The van der Waals surface area contributed by atoms with E-state index >= 15 is 0 Å². The lowest BCUT2D eigenvalue weighted by Gasteiger charge is -2.46. The number of nitrogens with zero attached hydrogens (tertiary/aromatic N) is 2. The summed E-state index contributed by atoms with van der Waals surface area (Å²) in [7, 11) is 2.11. The number of amides is 3. The van der Waals surface area contributed by atoms with Gasteiger partial charge in [-0.15, -0.1) is 11.3 Å². The summed E-state index contributed by atoms with van der Waals surface area (Å²) in [4.78, 5) is 40.9. The SMILES string of the molecule is CCOC(=O)c1ccc(NC(=O)N([C@@H]2CCC[N+](C)(Cc3cccc(O)c3)C2)[C@@H](Cc2ccc(O)cc2)C(N)=O)s1. The van der Waals surface area contributed by atoms with E-state index in [1.54, 1.807) is 48.2 Å². The number of benzene rings is 2. The molecular weight excluding hydrogens is 544 g/mol. The standard InChI is InChI=1S/C30H36N4O6S/c1-3-40-29(38)26-13-14-27(41-26)32-30(39)33(25(28(31)37)17-20-9-11-23(35)12-10-20)22-7-5-15-34(2,19-22)18-21-6-4-8-24(36)16-21/h4,6,8-14,16,22,25H,3,5,7,15,17-19H2,1-2H3,(H4-,31,32,35,36,37,38,39)/p+1/t22-,25+,34?/m1/s1. The first-order valence-corrected chi connectivity index (χ1v) is 14.4. The van der Waals surface area contributed by atoms with Crippen molar-refractivity contribution in [3.63, 3.8) is 0 Å². The number of phenols is 2. The molecule has 0 saturated carbocycles. The molecule has 0 spiro atoms. The quantitative estimate of drug-likeness (QED) is 0.210. The topological polar surface area (TPSA) is 142 Å². The van der Waals surface area contributed by atoms with E-state index in [-0.39, 0.29) is 30.6 Å². The van der Waals surface area contributed by atoms with Gasteiger partial charge in [-0.3, -0.25) is 10.1 Å². The van der Waals surface area contributed by atoms with Crippen LogP contribution in [0.3, 0.4) is 0 Å². The lowest BCUT2D eigenvalue weighted by molar-refractivity contribution is -0.928. The second-order valence-electron chi connectivity index (χ2n) is 10.7. The van der Waals surface area contributed by atoms with Crippen LogP contribution >= 0.6 is 11.3 Å². The molecule has 2 aromatic carbocycles. The second-order valence-corrected chi connectivity index (χ2v) is 11.7. The summed E-state index contributed by atoms with van der Waals surface area (Å²) < 4.78 is 5.67. The highest BCUT2D eigenvalue weighted by Gasteiger charge is 2.41. The molecule has 41 heavy (non-hydrogen) atoms.